The molecule has 1 aromatic carbocycles. The summed E-state index contributed by atoms with van der Waals surface area (Å²) >= 11 is 0. The first-order valence-corrected chi connectivity index (χ1v) is 23.1. The molecule has 2 N–H and O–H groups in total. The van der Waals surface area contributed by atoms with E-state index in [1.54, 1.807) is 14.0 Å². The van der Waals surface area contributed by atoms with Gasteiger partial charge in [-0.1, -0.05) is 85.6 Å². The highest BCUT2D eigenvalue weighted by molar-refractivity contribution is 6.74. The van der Waals surface area contributed by atoms with Crippen molar-refractivity contribution in [3.63, 3.8) is 0 Å². The van der Waals surface area contributed by atoms with Crippen LogP contribution < -0.4 is 10.5 Å². The second-order valence-corrected chi connectivity index (χ2v) is 23.9. The maximum atomic E-state index is 11.7. The van der Waals surface area contributed by atoms with Crippen LogP contribution in [0.15, 0.2) is 36.4 Å². The van der Waals surface area contributed by atoms with Gasteiger partial charge in [0.15, 0.2) is 16.6 Å². The second kappa shape index (κ2) is 21.2. The van der Waals surface area contributed by atoms with Crippen LogP contribution in [-0.4, -0.2) is 61.2 Å². The number of carbonyl (C=O) groups excluding carboxylic acids is 1. The van der Waals surface area contributed by atoms with Crippen molar-refractivity contribution in [2.24, 2.45) is 17.6 Å². The van der Waals surface area contributed by atoms with Crippen LogP contribution >= 0.6 is 0 Å². The fourth-order valence-electron chi connectivity index (χ4n) is 5.24. The van der Waals surface area contributed by atoms with E-state index in [1.807, 2.05) is 24.3 Å². The molecule has 1 aromatic rings. The first kappa shape index (κ1) is 43.1. The molecule has 0 saturated heterocycles. The molecule has 0 aromatic heterocycles. The van der Waals surface area contributed by atoms with Crippen LogP contribution in [0, 0.1) is 23.7 Å². The van der Waals surface area contributed by atoms with Crippen molar-refractivity contribution in [2.75, 3.05) is 20.3 Å². The predicted molar refractivity (Wildman–Crippen MR) is 200 cm³/mol. The van der Waals surface area contributed by atoms with E-state index in [2.05, 4.69) is 92.5 Å². The van der Waals surface area contributed by atoms with Crippen molar-refractivity contribution in [1.29, 1.82) is 0 Å². The highest BCUT2D eigenvalue weighted by Gasteiger charge is 2.39. The molecule has 5 atom stereocenters. The standard InChI is InChI=1S/C38H67NO6Si2/c1-13-43-37(40)19-17-18-33(39)27-35(44-46(11,12)38(7,8)9)26-30(5)20-21-31(6)36(45-47(14-2,15-3)16-4)29-42-28-32-22-24-34(41-10)25-23-32/h20-25,30-31,33,35-36H,13-16,18,26-29,39H2,1-12H3/b21-20+/t30-,31-,33+,35-,36?/m1/s1. The summed E-state index contributed by atoms with van der Waals surface area (Å²) in [5, 5.41) is 0.0806. The Hall–Kier alpha value is -1.94. The highest BCUT2D eigenvalue weighted by Crippen LogP contribution is 2.38. The first-order chi connectivity index (χ1) is 22.0. The molecule has 0 aliphatic heterocycles. The van der Waals surface area contributed by atoms with E-state index in [-0.39, 0.29) is 35.1 Å². The molecular formula is C38H67NO6Si2. The fraction of sp³-hybridized carbons (Fsp3) is 0.711. The Labute approximate surface area is 289 Å². The van der Waals surface area contributed by atoms with Gasteiger partial charge in [-0.2, -0.15) is 0 Å². The van der Waals surface area contributed by atoms with E-state index in [0.29, 0.717) is 32.7 Å². The van der Waals surface area contributed by atoms with Gasteiger partial charge in [0.2, 0.25) is 0 Å². The van der Waals surface area contributed by atoms with E-state index in [4.69, 9.17) is 28.8 Å². The van der Waals surface area contributed by atoms with Crippen molar-refractivity contribution >= 4 is 22.6 Å². The maximum Gasteiger partial charge on any atom is 0.384 e. The van der Waals surface area contributed by atoms with Gasteiger partial charge in [0.1, 0.15) is 5.75 Å². The molecule has 0 amide bonds. The molecule has 0 saturated carbocycles. The van der Waals surface area contributed by atoms with E-state index in [9.17, 15) is 4.79 Å². The number of ether oxygens (including phenoxy) is 3. The highest BCUT2D eigenvalue weighted by atomic mass is 28.4. The molecule has 1 rings (SSSR count). The summed E-state index contributed by atoms with van der Waals surface area (Å²) in [7, 11) is -2.22. The zero-order chi connectivity index (χ0) is 35.7. The molecule has 0 bridgehead atoms. The Kier molecular flexibility index (Phi) is 19.4. The lowest BCUT2D eigenvalue weighted by molar-refractivity contribution is -0.136. The molecule has 1 unspecified atom stereocenters. The summed E-state index contributed by atoms with van der Waals surface area (Å²) in [4.78, 5) is 11.7. The average molecular weight is 690 g/mol. The Balaban J connectivity index is 3.07. The van der Waals surface area contributed by atoms with Crippen LogP contribution in [0.5, 0.6) is 5.75 Å². The van der Waals surface area contributed by atoms with Crippen molar-refractivity contribution in [3.05, 3.63) is 42.0 Å². The van der Waals surface area contributed by atoms with Crippen molar-refractivity contribution < 1.29 is 27.9 Å². The SMILES string of the molecule is CCOC(=O)C#CC[C@H](N)C[C@@H](C[C@H](C)/C=C/[C@@H](C)C(COCc1ccc(OC)cc1)O[Si](CC)(CC)CC)O[Si](C)(C)C(C)(C)C. The van der Waals surface area contributed by atoms with E-state index < -0.39 is 22.6 Å². The number of hydrogen-bond acceptors (Lipinski definition) is 7. The summed E-state index contributed by atoms with van der Waals surface area (Å²) in [5.41, 5.74) is 7.65. The van der Waals surface area contributed by atoms with Gasteiger partial charge in [-0.05, 0) is 79.6 Å². The number of hydrogen-bond donors (Lipinski definition) is 1. The van der Waals surface area contributed by atoms with Crippen LogP contribution in [0.1, 0.15) is 87.1 Å². The largest absolute Gasteiger partial charge is 0.497 e. The topological polar surface area (TPSA) is 89.2 Å². The Morgan fingerprint density at radius 3 is 2.11 bits per heavy atom. The zero-order valence-corrected chi connectivity index (χ0v) is 33.7. The summed E-state index contributed by atoms with van der Waals surface area (Å²) in [5.74, 6) is 6.24. The third-order valence-electron chi connectivity index (χ3n) is 9.67. The molecule has 0 radical (unpaired) electrons. The smallest absolute Gasteiger partial charge is 0.384 e. The van der Waals surface area contributed by atoms with Crippen molar-refractivity contribution in [1.82, 2.24) is 0 Å². The van der Waals surface area contributed by atoms with Crippen molar-refractivity contribution in [3.8, 4) is 17.6 Å². The summed E-state index contributed by atoms with van der Waals surface area (Å²) in [6.45, 7) is 25.8. The van der Waals surface area contributed by atoms with Crippen molar-refractivity contribution in [2.45, 2.75) is 143 Å². The molecule has 47 heavy (non-hydrogen) atoms. The normalized spacial score (nSPS) is 15.8. The molecule has 268 valence electrons. The van der Waals surface area contributed by atoms with E-state index in [1.165, 1.54) is 0 Å². The van der Waals surface area contributed by atoms with E-state index in [0.717, 1.165) is 35.9 Å². The van der Waals surface area contributed by atoms with Crippen LogP contribution in [-0.2, 0) is 29.7 Å². The number of benzene rings is 1. The average Bonchev–Trinajstić information content (AvgIpc) is 3.01. The summed E-state index contributed by atoms with van der Waals surface area (Å²) in [6, 6.07) is 11.1. The lowest BCUT2D eigenvalue weighted by Crippen LogP contribution is -2.45. The van der Waals surface area contributed by atoms with Gasteiger partial charge < -0.3 is 28.8 Å². The third kappa shape index (κ3) is 15.9. The summed E-state index contributed by atoms with van der Waals surface area (Å²) < 4.78 is 30.4. The quantitative estimate of drug-likeness (QED) is 0.0453. The monoisotopic (exact) mass is 689 g/mol. The van der Waals surface area contributed by atoms with Crippen LogP contribution in [0.2, 0.25) is 36.3 Å². The molecular weight excluding hydrogens is 623 g/mol. The number of carbonyl (C=O) groups is 1. The molecule has 0 heterocycles. The molecule has 0 fully saturated rings. The number of nitrogens with two attached hydrogens (primary N) is 1. The lowest BCUT2D eigenvalue weighted by atomic mass is 9.95. The minimum absolute atomic E-state index is 0.00884. The Morgan fingerprint density at radius 2 is 1.57 bits per heavy atom. The number of allylic oxidation sites excluding steroid dienone is 1. The van der Waals surface area contributed by atoms with E-state index >= 15 is 0 Å². The molecule has 0 spiro atoms. The first-order valence-electron chi connectivity index (χ1n) is 17.7. The zero-order valence-electron chi connectivity index (χ0n) is 31.7. The predicted octanol–water partition coefficient (Wildman–Crippen LogP) is 8.89. The maximum absolute atomic E-state index is 11.7. The van der Waals surface area contributed by atoms with Crippen LogP contribution in [0.3, 0.4) is 0 Å². The minimum atomic E-state index is -2.04. The Morgan fingerprint density at radius 1 is 0.957 bits per heavy atom. The second-order valence-electron chi connectivity index (χ2n) is 14.4. The third-order valence-corrected chi connectivity index (χ3v) is 18.9. The number of methoxy groups -OCH3 is 1. The summed E-state index contributed by atoms with van der Waals surface area (Å²) in [6.07, 6.45) is 6.54. The molecule has 0 aliphatic carbocycles. The Bertz CT molecular complexity index is 1110. The van der Waals surface area contributed by atoms with Crippen LogP contribution in [0.4, 0.5) is 0 Å². The van der Waals surface area contributed by atoms with Crippen LogP contribution in [0.25, 0.3) is 0 Å². The van der Waals surface area contributed by atoms with Gasteiger partial charge in [0, 0.05) is 30.4 Å². The minimum Gasteiger partial charge on any atom is -0.497 e. The number of esters is 1. The van der Waals surface area contributed by atoms with Gasteiger partial charge in [0.25, 0.3) is 0 Å². The number of rotatable bonds is 21. The van der Waals surface area contributed by atoms with Gasteiger partial charge in [-0.3, -0.25) is 0 Å². The molecule has 7 nitrogen and oxygen atoms in total. The molecule has 9 heteroatoms. The lowest BCUT2D eigenvalue weighted by Gasteiger charge is -2.40. The molecule has 0 aliphatic rings. The van der Waals surface area contributed by atoms with Gasteiger partial charge >= 0.3 is 5.97 Å². The van der Waals surface area contributed by atoms with Gasteiger partial charge in [-0.15, -0.1) is 0 Å². The van der Waals surface area contributed by atoms with Gasteiger partial charge in [-0.25, -0.2) is 4.79 Å². The fourth-order valence-corrected chi connectivity index (χ4v) is 9.54. The van der Waals surface area contributed by atoms with Gasteiger partial charge in [0.05, 0.1) is 33.0 Å².